The summed E-state index contributed by atoms with van der Waals surface area (Å²) in [5, 5.41) is 1.51. The summed E-state index contributed by atoms with van der Waals surface area (Å²) in [5.41, 5.74) is 9.48. The fourth-order valence-electron chi connectivity index (χ4n) is 5.10. The van der Waals surface area contributed by atoms with E-state index >= 15 is 0 Å². The van der Waals surface area contributed by atoms with Gasteiger partial charge in [0.25, 0.3) is 0 Å². The molecule has 1 unspecified atom stereocenters. The highest BCUT2D eigenvalue weighted by molar-refractivity contribution is 5.89. The molecule has 0 saturated carbocycles. The molecule has 1 heterocycles. The molecule has 0 N–H and O–H groups in total. The monoisotopic (exact) mass is 361 g/mol. The van der Waals surface area contributed by atoms with E-state index in [-0.39, 0.29) is 0 Å². The van der Waals surface area contributed by atoms with Crippen LogP contribution in [0.2, 0.25) is 0 Å². The summed E-state index contributed by atoms with van der Waals surface area (Å²) >= 11 is 0. The van der Waals surface area contributed by atoms with E-state index in [1.807, 2.05) is 0 Å². The standard InChI is InChI=1S/C26H35N/c1-17(2)27-24-13-11-20(19-9-7-18(3)8-10-19)15-22(24)23-16-21(26(4,5)6)12-14-25(23)27/h7,9,11,13,15,17,21H,8,10,12,14,16H2,1-6H3. The van der Waals surface area contributed by atoms with Crippen molar-refractivity contribution in [2.24, 2.45) is 11.3 Å². The molecule has 2 aliphatic carbocycles. The van der Waals surface area contributed by atoms with Gasteiger partial charge >= 0.3 is 0 Å². The predicted octanol–water partition coefficient (Wildman–Crippen LogP) is 7.50. The third kappa shape index (κ3) is 3.30. The van der Waals surface area contributed by atoms with E-state index in [2.05, 4.69) is 76.5 Å². The molecule has 0 spiro atoms. The minimum absolute atomic E-state index is 0.385. The van der Waals surface area contributed by atoms with Gasteiger partial charge in [-0.3, -0.25) is 0 Å². The Morgan fingerprint density at radius 2 is 1.81 bits per heavy atom. The summed E-state index contributed by atoms with van der Waals surface area (Å²) in [6.07, 6.45) is 10.8. The quantitative estimate of drug-likeness (QED) is 0.522. The van der Waals surface area contributed by atoms with Crippen molar-refractivity contribution in [1.82, 2.24) is 4.57 Å². The molecule has 0 saturated heterocycles. The Kier molecular flexibility index (Phi) is 4.61. The Labute approximate surface area is 165 Å². The van der Waals surface area contributed by atoms with E-state index in [1.54, 1.807) is 11.3 Å². The molecular formula is C26H35N. The summed E-state index contributed by atoms with van der Waals surface area (Å²) in [4.78, 5) is 0. The summed E-state index contributed by atoms with van der Waals surface area (Å²) in [6.45, 7) is 14.1. The zero-order valence-electron chi connectivity index (χ0n) is 18.0. The highest BCUT2D eigenvalue weighted by Crippen LogP contribution is 2.43. The lowest BCUT2D eigenvalue weighted by Gasteiger charge is -2.34. The molecule has 27 heavy (non-hydrogen) atoms. The first kappa shape index (κ1) is 18.6. The van der Waals surface area contributed by atoms with Crippen molar-refractivity contribution in [2.75, 3.05) is 0 Å². The van der Waals surface area contributed by atoms with Crippen LogP contribution in [0.5, 0.6) is 0 Å². The number of hydrogen-bond donors (Lipinski definition) is 0. The van der Waals surface area contributed by atoms with Gasteiger partial charge in [-0.1, -0.05) is 44.6 Å². The third-order valence-corrected chi connectivity index (χ3v) is 6.87. The minimum Gasteiger partial charge on any atom is -0.342 e. The second-order valence-corrected chi connectivity index (χ2v) is 10.1. The van der Waals surface area contributed by atoms with Crippen LogP contribution in [0.15, 0.2) is 35.9 Å². The topological polar surface area (TPSA) is 4.93 Å². The van der Waals surface area contributed by atoms with Gasteiger partial charge in [0.1, 0.15) is 0 Å². The highest BCUT2D eigenvalue weighted by atomic mass is 15.0. The number of benzene rings is 1. The Balaban J connectivity index is 1.86. The molecule has 144 valence electrons. The smallest absolute Gasteiger partial charge is 0.0488 e. The van der Waals surface area contributed by atoms with Crippen molar-refractivity contribution >= 4 is 16.5 Å². The number of aromatic nitrogens is 1. The molecule has 1 nitrogen and oxygen atoms in total. The minimum atomic E-state index is 0.385. The largest absolute Gasteiger partial charge is 0.342 e. The molecule has 2 aliphatic rings. The van der Waals surface area contributed by atoms with Gasteiger partial charge in [0.15, 0.2) is 0 Å². The van der Waals surface area contributed by atoms with Gasteiger partial charge in [0.05, 0.1) is 0 Å². The van der Waals surface area contributed by atoms with Crippen LogP contribution in [0.3, 0.4) is 0 Å². The lowest BCUT2D eigenvalue weighted by atomic mass is 9.71. The fourth-order valence-corrected chi connectivity index (χ4v) is 5.10. The van der Waals surface area contributed by atoms with Crippen molar-refractivity contribution in [1.29, 1.82) is 0 Å². The van der Waals surface area contributed by atoms with Crippen LogP contribution >= 0.6 is 0 Å². The first-order valence-electron chi connectivity index (χ1n) is 10.8. The SMILES string of the molecule is CC1=CC=C(c2ccc3c(c2)c2c(n3C(C)C)CCC(C(C)(C)C)C2)CC1. The predicted molar refractivity (Wildman–Crippen MR) is 118 cm³/mol. The molecule has 0 amide bonds. The van der Waals surface area contributed by atoms with E-state index in [0.29, 0.717) is 11.5 Å². The maximum Gasteiger partial charge on any atom is 0.0488 e. The summed E-state index contributed by atoms with van der Waals surface area (Å²) in [6, 6.07) is 7.76. The fraction of sp³-hybridized carbons (Fsp3) is 0.538. The van der Waals surface area contributed by atoms with Gasteiger partial charge < -0.3 is 4.57 Å². The molecule has 1 aromatic carbocycles. The molecular weight excluding hydrogens is 326 g/mol. The van der Waals surface area contributed by atoms with Crippen molar-refractivity contribution in [3.8, 4) is 0 Å². The van der Waals surface area contributed by atoms with Crippen LogP contribution in [0.1, 0.15) is 83.7 Å². The molecule has 1 atom stereocenters. The molecule has 0 aliphatic heterocycles. The Hall–Kier alpha value is -1.76. The summed E-state index contributed by atoms with van der Waals surface area (Å²) < 4.78 is 2.62. The van der Waals surface area contributed by atoms with Crippen LogP contribution < -0.4 is 0 Å². The van der Waals surface area contributed by atoms with E-state index < -0.39 is 0 Å². The van der Waals surface area contributed by atoms with Crippen molar-refractivity contribution in [3.05, 3.63) is 52.7 Å². The lowest BCUT2D eigenvalue weighted by molar-refractivity contribution is 0.214. The Morgan fingerprint density at radius 1 is 1.04 bits per heavy atom. The van der Waals surface area contributed by atoms with Crippen molar-refractivity contribution in [2.45, 2.75) is 79.7 Å². The number of allylic oxidation sites excluding steroid dienone is 4. The number of fused-ring (bicyclic) bond motifs is 3. The third-order valence-electron chi connectivity index (χ3n) is 6.87. The first-order valence-corrected chi connectivity index (χ1v) is 10.8. The molecule has 0 radical (unpaired) electrons. The van der Waals surface area contributed by atoms with Crippen LogP contribution in [0, 0.1) is 11.3 Å². The molecule has 0 bridgehead atoms. The number of rotatable bonds is 2. The zero-order chi connectivity index (χ0) is 19.3. The highest BCUT2D eigenvalue weighted by Gasteiger charge is 2.32. The van der Waals surface area contributed by atoms with Crippen LogP contribution in [0.25, 0.3) is 16.5 Å². The maximum absolute atomic E-state index is 2.62. The van der Waals surface area contributed by atoms with Gasteiger partial charge in [-0.15, -0.1) is 0 Å². The van der Waals surface area contributed by atoms with Gasteiger partial charge in [-0.2, -0.15) is 0 Å². The Bertz CT molecular complexity index is 927. The van der Waals surface area contributed by atoms with Crippen LogP contribution in [-0.4, -0.2) is 4.57 Å². The zero-order valence-corrected chi connectivity index (χ0v) is 18.0. The molecule has 2 aromatic rings. The normalized spacial score (nSPS) is 20.6. The number of nitrogens with zero attached hydrogens (tertiary/aromatic N) is 1. The average Bonchev–Trinajstić information content (AvgIpc) is 2.94. The van der Waals surface area contributed by atoms with Crippen molar-refractivity contribution < 1.29 is 0 Å². The van der Waals surface area contributed by atoms with E-state index in [4.69, 9.17) is 0 Å². The summed E-state index contributed by atoms with van der Waals surface area (Å²) in [7, 11) is 0. The Morgan fingerprint density at radius 3 is 2.44 bits per heavy atom. The van der Waals surface area contributed by atoms with Gasteiger partial charge in [0, 0.05) is 22.6 Å². The first-order chi connectivity index (χ1) is 12.8. The molecule has 0 fully saturated rings. The van der Waals surface area contributed by atoms with Crippen LogP contribution in [-0.2, 0) is 12.8 Å². The van der Waals surface area contributed by atoms with Gasteiger partial charge in [-0.25, -0.2) is 0 Å². The van der Waals surface area contributed by atoms with E-state index in [0.717, 1.165) is 5.92 Å². The second kappa shape index (κ2) is 6.69. The molecule has 1 heteroatoms. The maximum atomic E-state index is 2.62. The van der Waals surface area contributed by atoms with Crippen LogP contribution in [0.4, 0.5) is 0 Å². The van der Waals surface area contributed by atoms with Crippen molar-refractivity contribution in [3.63, 3.8) is 0 Å². The lowest BCUT2D eigenvalue weighted by Crippen LogP contribution is -2.27. The number of hydrogen-bond acceptors (Lipinski definition) is 0. The molecule has 1 aromatic heterocycles. The van der Waals surface area contributed by atoms with Gasteiger partial charge in [0.2, 0.25) is 0 Å². The van der Waals surface area contributed by atoms with E-state index in [1.165, 1.54) is 59.7 Å². The van der Waals surface area contributed by atoms with Gasteiger partial charge in [-0.05, 0) is 93.0 Å². The second-order valence-electron chi connectivity index (χ2n) is 10.1. The molecule has 4 rings (SSSR count). The van der Waals surface area contributed by atoms with E-state index in [9.17, 15) is 0 Å². The summed E-state index contributed by atoms with van der Waals surface area (Å²) in [5.74, 6) is 0.777. The average molecular weight is 362 g/mol.